The summed E-state index contributed by atoms with van der Waals surface area (Å²) in [6, 6.07) is 16.9. The fraction of sp³-hybridized carbons (Fsp3) is 0.535. The van der Waals surface area contributed by atoms with Crippen LogP contribution in [0.5, 0.6) is 0 Å². The maximum atomic E-state index is 7.11. The molecule has 2 nitrogen and oxygen atoms in total. The minimum Gasteiger partial charge on any atom is -0.474 e. The molecule has 2 heterocycles. The van der Waals surface area contributed by atoms with Gasteiger partial charge in [0, 0.05) is 22.5 Å². The molecule has 6 rings (SSSR count). The standard InChI is InChI=1S/C43H58BNO/c1-27-15-17-33-35(21-27)45(31-23-29(40(5,6)7)22-30(24-31)41(8,9)10)36-25-28(39(2,3)4)16-18-34(36)44(33)37-26-32-38(46-37)43(13,14)20-19-42(32,11)12/h15-18,21-24,26,28H,19-20,25H2,1-14H3. The summed E-state index contributed by atoms with van der Waals surface area (Å²) in [5, 5.41) is 0. The van der Waals surface area contributed by atoms with E-state index in [0.717, 1.165) is 18.5 Å². The normalized spacial score (nSPS) is 20.9. The molecule has 0 spiro atoms. The van der Waals surface area contributed by atoms with Crippen LogP contribution in [0.3, 0.4) is 0 Å². The van der Waals surface area contributed by atoms with E-state index in [0.29, 0.717) is 5.92 Å². The number of nitrogens with zero attached hydrogens (tertiary/aromatic N) is 1. The lowest BCUT2D eigenvalue weighted by atomic mass is 9.35. The van der Waals surface area contributed by atoms with E-state index in [2.05, 4.69) is 156 Å². The van der Waals surface area contributed by atoms with Gasteiger partial charge in [0.2, 0.25) is 0 Å². The molecular weight excluding hydrogens is 557 g/mol. The lowest BCUT2D eigenvalue weighted by molar-refractivity contribution is 0.282. The molecular formula is C43H58BNO. The number of aryl methyl sites for hydroxylation is 1. The van der Waals surface area contributed by atoms with Gasteiger partial charge in [-0.25, -0.2) is 0 Å². The van der Waals surface area contributed by atoms with Gasteiger partial charge in [-0.05, 0) is 111 Å². The van der Waals surface area contributed by atoms with Gasteiger partial charge in [0.15, 0.2) is 0 Å². The van der Waals surface area contributed by atoms with E-state index in [9.17, 15) is 0 Å². The van der Waals surface area contributed by atoms with Gasteiger partial charge < -0.3 is 9.32 Å². The van der Waals surface area contributed by atoms with Gasteiger partial charge in [-0.3, -0.25) is 0 Å². The third-order valence-corrected chi connectivity index (χ3v) is 11.3. The molecule has 1 aromatic heterocycles. The van der Waals surface area contributed by atoms with Crippen LogP contribution in [0.2, 0.25) is 0 Å². The van der Waals surface area contributed by atoms with E-state index in [-0.39, 0.29) is 33.8 Å². The maximum absolute atomic E-state index is 7.11. The third kappa shape index (κ3) is 5.64. The summed E-state index contributed by atoms with van der Waals surface area (Å²) in [6.45, 7) is 33.0. The van der Waals surface area contributed by atoms with Crippen LogP contribution in [0, 0.1) is 18.3 Å². The SMILES string of the molecule is Cc1ccc2c(c1)N(c1cc(C(C)(C)C)cc(C(C)(C)C)c1)C1=C(C=CC(C(C)(C)C)C1)B2c1cc2c(o1)C(C)(C)CCC2(C)C. The Morgan fingerprint density at radius 1 is 0.783 bits per heavy atom. The van der Waals surface area contributed by atoms with Gasteiger partial charge in [0.25, 0.3) is 6.71 Å². The number of hydrogen-bond donors (Lipinski definition) is 0. The molecule has 0 amide bonds. The fourth-order valence-corrected chi connectivity index (χ4v) is 7.83. The van der Waals surface area contributed by atoms with Crippen molar-refractivity contribution in [2.24, 2.45) is 11.3 Å². The van der Waals surface area contributed by atoms with E-state index in [1.807, 2.05) is 0 Å². The molecule has 1 unspecified atom stereocenters. The van der Waals surface area contributed by atoms with Crippen molar-refractivity contribution in [1.29, 1.82) is 0 Å². The van der Waals surface area contributed by atoms with E-state index in [1.165, 1.54) is 62.4 Å². The molecule has 3 aliphatic rings. The van der Waals surface area contributed by atoms with Gasteiger partial charge in [0.1, 0.15) is 5.76 Å². The highest BCUT2D eigenvalue weighted by Gasteiger charge is 2.46. The van der Waals surface area contributed by atoms with Crippen LogP contribution in [0.25, 0.3) is 0 Å². The van der Waals surface area contributed by atoms with Crippen molar-refractivity contribution in [3.05, 3.63) is 93.8 Å². The second-order valence-electron chi connectivity index (χ2n) is 19.2. The summed E-state index contributed by atoms with van der Waals surface area (Å²) in [5.41, 5.74) is 13.6. The summed E-state index contributed by atoms with van der Waals surface area (Å²) < 4.78 is 7.11. The maximum Gasteiger partial charge on any atom is 0.291 e. The Kier molecular flexibility index (Phi) is 7.55. The van der Waals surface area contributed by atoms with Crippen molar-refractivity contribution in [3.63, 3.8) is 0 Å². The molecule has 46 heavy (non-hydrogen) atoms. The van der Waals surface area contributed by atoms with Crippen LogP contribution in [-0.4, -0.2) is 6.71 Å². The molecule has 0 N–H and O–H groups in total. The van der Waals surface area contributed by atoms with E-state index in [4.69, 9.17) is 4.42 Å². The van der Waals surface area contributed by atoms with Crippen molar-refractivity contribution in [1.82, 2.24) is 0 Å². The molecule has 3 heteroatoms. The monoisotopic (exact) mass is 615 g/mol. The molecule has 244 valence electrons. The smallest absolute Gasteiger partial charge is 0.291 e. The fourth-order valence-electron chi connectivity index (χ4n) is 7.83. The zero-order valence-corrected chi connectivity index (χ0v) is 31.3. The second-order valence-corrected chi connectivity index (χ2v) is 19.2. The topological polar surface area (TPSA) is 16.4 Å². The van der Waals surface area contributed by atoms with Crippen LogP contribution in [0.1, 0.15) is 137 Å². The van der Waals surface area contributed by atoms with Crippen molar-refractivity contribution < 1.29 is 4.42 Å². The average molecular weight is 616 g/mol. The molecule has 3 aromatic rings. The van der Waals surface area contributed by atoms with Crippen LogP contribution in [0.15, 0.2) is 70.2 Å². The predicted molar refractivity (Wildman–Crippen MR) is 200 cm³/mol. The molecule has 0 saturated heterocycles. The first-order valence-corrected chi connectivity index (χ1v) is 17.7. The molecule has 2 aromatic carbocycles. The van der Waals surface area contributed by atoms with Gasteiger partial charge >= 0.3 is 0 Å². The number of rotatable bonds is 2. The van der Waals surface area contributed by atoms with Crippen LogP contribution in [0.4, 0.5) is 11.4 Å². The van der Waals surface area contributed by atoms with Gasteiger partial charge in [0.05, 0.1) is 5.66 Å². The minimum atomic E-state index is 0.0353. The van der Waals surface area contributed by atoms with Gasteiger partial charge in [-0.2, -0.15) is 0 Å². The Morgan fingerprint density at radius 3 is 1.96 bits per heavy atom. The Bertz CT molecular complexity index is 1670. The largest absolute Gasteiger partial charge is 0.474 e. The summed E-state index contributed by atoms with van der Waals surface area (Å²) >= 11 is 0. The number of anilines is 2. The molecule has 0 fully saturated rings. The molecule has 1 atom stereocenters. The Morgan fingerprint density at radius 2 is 1.39 bits per heavy atom. The van der Waals surface area contributed by atoms with E-state index >= 15 is 0 Å². The zero-order valence-electron chi connectivity index (χ0n) is 31.3. The highest BCUT2D eigenvalue weighted by Crippen LogP contribution is 2.48. The van der Waals surface area contributed by atoms with Crippen molar-refractivity contribution >= 4 is 29.2 Å². The average Bonchev–Trinajstić information content (AvgIpc) is 3.40. The lowest BCUT2D eigenvalue weighted by Crippen LogP contribution is -2.51. The molecule has 0 bridgehead atoms. The summed E-state index contributed by atoms with van der Waals surface area (Å²) in [5.74, 6) is 1.63. The number of fused-ring (bicyclic) bond motifs is 2. The van der Waals surface area contributed by atoms with Gasteiger partial charge in [-0.1, -0.05) is 120 Å². The van der Waals surface area contributed by atoms with Gasteiger partial charge in [-0.15, -0.1) is 0 Å². The second kappa shape index (κ2) is 10.5. The van der Waals surface area contributed by atoms with Crippen LogP contribution < -0.4 is 16.0 Å². The first-order chi connectivity index (χ1) is 21.1. The van der Waals surface area contributed by atoms with E-state index < -0.39 is 0 Å². The Labute approximate surface area is 280 Å². The van der Waals surface area contributed by atoms with Crippen molar-refractivity contribution in [2.75, 3.05) is 4.90 Å². The van der Waals surface area contributed by atoms with E-state index in [1.54, 1.807) is 0 Å². The number of hydrogen-bond acceptors (Lipinski definition) is 2. The number of benzene rings is 2. The Balaban J connectivity index is 1.65. The molecule has 1 aliphatic heterocycles. The molecule has 0 saturated carbocycles. The van der Waals surface area contributed by atoms with Crippen molar-refractivity contribution in [2.45, 2.75) is 138 Å². The van der Waals surface area contributed by atoms with Crippen LogP contribution >= 0.6 is 0 Å². The molecule has 0 radical (unpaired) electrons. The number of furan rings is 1. The first kappa shape index (κ1) is 33.0. The van der Waals surface area contributed by atoms with Crippen LogP contribution in [-0.2, 0) is 21.7 Å². The zero-order chi connectivity index (χ0) is 33.8. The Hall–Kier alpha value is -2.94. The quantitative estimate of drug-likeness (QED) is 0.267. The highest BCUT2D eigenvalue weighted by molar-refractivity contribution is 6.92. The minimum absolute atomic E-state index is 0.0353. The molecule has 2 aliphatic carbocycles. The summed E-state index contributed by atoms with van der Waals surface area (Å²) in [7, 11) is 0. The number of allylic oxidation sites excluding steroid dienone is 4. The predicted octanol–water partition coefficient (Wildman–Crippen LogP) is 10.7. The lowest BCUT2D eigenvalue weighted by Gasteiger charge is -2.43. The van der Waals surface area contributed by atoms with Crippen molar-refractivity contribution in [3.8, 4) is 0 Å². The third-order valence-electron chi connectivity index (χ3n) is 11.3. The summed E-state index contributed by atoms with van der Waals surface area (Å²) in [6.07, 6.45) is 8.29. The summed E-state index contributed by atoms with van der Waals surface area (Å²) in [4.78, 5) is 2.64. The first-order valence-electron chi connectivity index (χ1n) is 17.7. The highest BCUT2D eigenvalue weighted by atomic mass is 16.3.